The minimum Gasteiger partial charge on any atom is -0.474 e. The van der Waals surface area contributed by atoms with E-state index in [4.69, 9.17) is 4.74 Å². The Morgan fingerprint density at radius 3 is 2.71 bits per heavy atom. The van der Waals surface area contributed by atoms with Crippen LogP contribution in [0, 0.1) is 22.9 Å². The van der Waals surface area contributed by atoms with Crippen LogP contribution in [0.5, 0.6) is 5.88 Å². The third-order valence-corrected chi connectivity index (χ3v) is 5.95. The number of ether oxygens (including phenoxy) is 1. The van der Waals surface area contributed by atoms with Crippen LogP contribution in [-0.4, -0.2) is 24.4 Å². The zero-order valence-electron chi connectivity index (χ0n) is 15.2. The Hall–Kier alpha value is -2.59. The van der Waals surface area contributed by atoms with E-state index < -0.39 is 26.5 Å². The highest BCUT2D eigenvalue weighted by molar-refractivity contribution is 7.89. The van der Waals surface area contributed by atoms with Crippen LogP contribution in [0.3, 0.4) is 0 Å². The number of nitro benzene ring substituents is 1. The number of aromatic nitrogens is 1. The van der Waals surface area contributed by atoms with Crippen molar-refractivity contribution in [2.75, 3.05) is 0 Å². The summed E-state index contributed by atoms with van der Waals surface area (Å²) in [5, 5.41) is 10.9. The number of aryl methyl sites for hydroxylation is 1. The van der Waals surface area contributed by atoms with E-state index in [-0.39, 0.29) is 23.1 Å². The van der Waals surface area contributed by atoms with Crippen LogP contribution in [-0.2, 0) is 16.6 Å². The Morgan fingerprint density at radius 1 is 1.32 bits per heavy atom. The number of rotatable bonds is 7. The van der Waals surface area contributed by atoms with Gasteiger partial charge in [-0.15, -0.1) is 0 Å². The summed E-state index contributed by atoms with van der Waals surface area (Å²) in [6, 6.07) is 5.07. The molecule has 28 heavy (non-hydrogen) atoms. The lowest BCUT2D eigenvalue weighted by Gasteiger charge is -2.13. The van der Waals surface area contributed by atoms with Gasteiger partial charge < -0.3 is 4.74 Å². The second-order valence-corrected chi connectivity index (χ2v) is 8.45. The predicted octanol–water partition coefficient (Wildman–Crippen LogP) is 3.24. The Bertz CT molecular complexity index is 991. The first kappa shape index (κ1) is 20.2. The summed E-state index contributed by atoms with van der Waals surface area (Å²) in [6.07, 6.45) is 5.84. The molecule has 1 aromatic heterocycles. The molecule has 3 rings (SSSR count). The highest BCUT2D eigenvalue weighted by Crippen LogP contribution is 2.26. The monoisotopic (exact) mass is 409 g/mol. The van der Waals surface area contributed by atoms with E-state index in [0.29, 0.717) is 17.5 Å². The number of benzene rings is 1. The van der Waals surface area contributed by atoms with Crippen LogP contribution in [0.4, 0.5) is 10.1 Å². The molecule has 0 radical (unpaired) electrons. The van der Waals surface area contributed by atoms with E-state index in [2.05, 4.69) is 9.71 Å². The number of nitro groups is 1. The summed E-state index contributed by atoms with van der Waals surface area (Å²) in [6.45, 7) is 1.22. The van der Waals surface area contributed by atoms with Gasteiger partial charge in [0.05, 0.1) is 9.82 Å². The molecule has 0 saturated heterocycles. The lowest BCUT2D eigenvalue weighted by atomic mass is 10.2. The van der Waals surface area contributed by atoms with Gasteiger partial charge in [0.25, 0.3) is 0 Å². The molecule has 8 nitrogen and oxygen atoms in total. The zero-order valence-corrected chi connectivity index (χ0v) is 16.0. The van der Waals surface area contributed by atoms with Crippen molar-refractivity contribution in [2.45, 2.75) is 50.2 Å². The highest BCUT2D eigenvalue weighted by Gasteiger charge is 2.24. The summed E-state index contributed by atoms with van der Waals surface area (Å²) < 4.78 is 47.0. The van der Waals surface area contributed by atoms with E-state index in [9.17, 15) is 22.9 Å². The maximum atomic E-state index is 13.8. The van der Waals surface area contributed by atoms with Gasteiger partial charge >= 0.3 is 5.69 Å². The van der Waals surface area contributed by atoms with Gasteiger partial charge in [-0.05, 0) is 55.9 Å². The van der Waals surface area contributed by atoms with Gasteiger partial charge in [0, 0.05) is 24.9 Å². The molecule has 0 aliphatic heterocycles. The minimum atomic E-state index is -4.07. The van der Waals surface area contributed by atoms with Gasteiger partial charge in [0.15, 0.2) is 0 Å². The van der Waals surface area contributed by atoms with Crippen molar-refractivity contribution in [2.24, 2.45) is 0 Å². The Morgan fingerprint density at radius 2 is 2.04 bits per heavy atom. The molecule has 0 spiro atoms. The lowest BCUT2D eigenvalue weighted by Crippen LogP contribution is -2.23. The Balaban J connectivity index is 1.74. The van der Waals surface area contributed by atoms with E-state index in [1.54, 1.807) is 12.1 Å². The van der Waals surface area contributed by atoms with Crippen molar-refractivity contribution in [3.05, 3.63) is 57.5 Å². The van der Waals surface area contributed by atoms with E-state index in [0.717, 1.165) is 31.7 Å². The SMILES string of the molecule is Cc1cc(S(=O)(=O)NCc2ccnc(OC3CCCC3)c2)cc([N+](=O)[O-])c1F. The van der Waals surface area contributed by atoms with Crippen LogP contribution < -0.4 is 9.46 Å². The largest absolute Gasteiger partial charge is 0.474 e. The fraction of sp³-hybridized carbons (Fsp3) is 0.389. The molecule has 0 amide bonds. The van der Waals surface area contributed by atoms with Gasteiger partial charge in [-0.25, -0.2) is 18.1 Å². The minimum absolute atomic E-state index is 0.0594. The number of pyridine rings is 1. The lowest BCUT2D eigenvalue weighted by molar-refractivity contribution is -0.387. The molecule has 150 valence electrons. The average molecular weight is 409 g/mol. The quantitative estimate of drug-likeness (QED) is 0.555. The summed E-state index contributed by atoms with van der Waals surface area (Å²) >= 11 is 0. The van der Waals surface area contributed by atoms with E-state index in [1.807, 2.05) is 0 Å². The highest BCUT2D eigenvalue weighted by atomic mass is 32.2. The first-order chi connectivity index (χ1) is 13.3. The fourth-order valence-corrected chi connectivity index (χ4v) is 4.19. The maximum absolute atomic E-state index is 13.8. The molecule has 0 atom stereocenters. The molecular formula is C18H20FN3O5S. The van der Waals surface area contributed by atoms with Crippen molar-refractivity contribution in [3.8, 4) is 5.88 Å². The summed E-state index contributed by atoms with van der Waals surface area (Å²) in [5.74, 6) is -0.622. The number of halogens is 1. The third kappa shape index (κ3) is 4.63. The molecule has 1 aromatic carbocycles. The van der Waals surface area contributed by atoms with Crippen LogP contribution in [0.25, 0.3) is 0 Å². The molecule has 1 saturated carbocycles. The number of sulfonamides is 1. The fourth-order valence-electron chi connectivity index (χ4n) is 3.07. The second-order valence-electron chi connectivity index (χ2n) is 6.68. The Labute approximate surface area is 161 Å². The van der Waals surface area contributed by atoms with Crippen molar-refractivity contribution in [1.82, 2.24) is 9.71 Å². The molecule has 2 aromatic rings. The summed E-state index contributed by atoms with van der Waals surface area (Å²) in [4.78, 5) is 13.8. The Kier molecular flexibility index (Phi) is 5.90. The molecule has 1 fully saturated rings. The summed E-state index contributed by atoms with van der Waals surface area (Å²) in [5.41, 5.74) is -0.373. The van der Waals surface area contributed by atoms with Gasteiger partial charge in [-0.2, -0.15) is 4.39 Å². The number of nitrogens with zero attached hydrogens (tertiary/aromatic N) is 2. The summed E-state index contributed by atoms with van der Waals surface area (Å²) in [7, 11) is -4.07. The molecule has 1 N–H and O–H groups in total. The molecule has 1 heterocycles. The van der Waals surface area contributed by atoms with Crippen LogP contribution in [0.1, 0.15) is 36.8 Å². The van der Waals surface area contributed by atoms with E-state index in [1.165, 1.54) is 13.1 Å². The van der Waals surface area contributed by atoms with Crippen molar-refractivity contribution in [1.29, 1.82) is 0 Å². The standard InChI is InChI=1S/C18H20FN3O5S/c1-12-8-15(10-16(18(12)19)22(23)24)28(25,26)21-11-13-6-7-20-17(9-13)27-14-4-2-3-5-14/h6-10,14,21H,2-5,11H2,1H3. The van der Waals surface area contributed by atoms with Gasteiger partial charge in [0.2, 0.25) is 21.7 Å². The average Bonchev–Trinajstić information content (AvgIpc) is 3.15. The van der Waals surface area contributed by atoms with Crippen LogP contribution >= 0.6 is 0 Å². The molecule has 0 unspecified atom stereocenters. The smallest absolute Gasteiger partial charge is 0.306 e. The first-order valence-corrected chi connectivity index (χ1v) is 10.3. The predicted molar refractivity (Wildman–Crippen MR) is 98.9 cm³/mol. The number of hydrogen-bond acceptors (Lipinski definition) is 6. The first-order valence-electron chi connectivity index (χ1n) is 8.82. The van der Waals surface area contributed by atoms with E-state index >= 15 is 0 Å². The molecule has 1 aliphatic carbocycles. The molecule has 0 bridgehead atoms. The normalized spacial score (nSPS) is 14.9. The van der Waals surface area contributed by atoms with Gasteiger partial charge in [0.1, 0.15) is 6.10 Å². The van der Waals surface area contributed by atoms with Crippen molar-refractivity contribution < 1.29 is 22.5 Å². The van der Waals surface area contributed by atoms with Crippen LogP contribution in [0.15, 0.2) is 35.4 Å². The van der Waals surface area contributed by atoms with Crippen molar-refractivity contribution >= 4 is 15.7 Å². The zero-order chi connectivity index (χ0) is 20.3. The van der Waals surface area contributed by atoms with Gasteiger partial charge in [-0.1, -0.05) is 0 Å². The number of nitrogens with one attached hydrogen (secondary N) is 1. The molecule has 1 aliphatic rings. The molecular weight excluding hydrogens is 389 g/mol. The van der Waals surface area contributed by atoms with Crippen molar-refractivity contribution in [3.63, 3.8) is 0 Å². The van der Waals surface area contributed by atoms with Gasteiger partial charge in [-0.3, -0.25) is 10.1 Å². The topological polar surface area (TPSA) is 111 Å². The maximum Gasteiger partial charge on any atom is 0.306 e. The molecule has 10 heteroatoms. The van der Waals surface area contributed by atoms with Crippen LogP contribution in [0.2, 0.25) is 0 Å². The third-order valence-electron chi connectivity index (χ3n) is 4.57. The number of hydrogen-bond donors (Lipinski definition) is 1. The second kappa shape index (κ2) is 8.19.